The van der Waals surface area contributed by atoms with E-state index < -0.39 is 39.7 Å². The number of carbonyl (C=O) groups excluding carboxylic acids is 2. The minimum Gasteiger partial charge on any atom is -0.865 e. The number of rotatable bonds is 6. The van der Waals surface area contributed by atoms with Gasteiger partial charge in [0.2, 0.25) is 0 Å². The Hall–Kier alpha value is -3.10. The van der Waals surface area contributed by atoms with Gasteiger partial charge in [0, 0.05) is 25.2 Å². The average molecular weight is 364 g/mol. The van der Waals surface area contributed by atoms with Crippen molar-refractivity contribution in [2.75, 3.05) is 7.11 Å². The van der Waals surface area contributed by atoms with Crippen LogP contribution >= 0.6 is 0 Å². The lowest BCUT2D eigenvalue weighted by Crippen LogP contribution is -2.44. The molecule has 2 rings (SSSR count). The number of nitro benzene ring substituents is 1. The van der Waals surface area contributed by atoms with E-state index in [2.05, 4.69) is 0 Å². The molecular formula is C17H18NO8-. The first-order chi connectivity index (χ1) is 12.2. The van der Waals surface area contributed by atoms with E-state index in [1.807, 2.05) is 6.92 Å². The Kier molecular flexibility index (Phi) is 5.49. The second-order valence-electron chi connectivity index (χ2n) is 5.90. The third-order valence-corrected chi connectivity index (χ3v) is 3.83. The van der Waals surface area contributed by atoms with Crippen LogP contribution in [0, 0.1) is 10.1 Å². The normalized spacial score (nSPS) is 19.6. The van der Waals surface area contributed by atoms with Gasteiger partial charge >= 0.3 is 11.9 Å². The van der Waals surface area contributed by atoms with Crippen molar-refractivity contribution < 1.29 is 33.8 Å². The Labute approximate surface area is 149 Å². The number of nitro groups is 1. The van der Waals surface area contributed by atoms with Gasteiger partial charge in [0.1, 0.15) is 11.3 Å². The standard InChI is InChI=1S/C17H19NO8/c1-4-5-6-17(2)25-15(20)11(16(21)26-17)7-10-8-12(18(22)23)14(19)13(9-10)24-3/h7-9,19H,4-6H2,1-3H3/p-1. The lowest BCUT2D eigenvalue weighted by atomic mass is 10.1. The Morgan fingerprint density at radius 2 is 1.88 bits per heavy atom. The van der Waals surface area contributed by atoms with E-state index in [0.717, 1.165) is 18.6 Å². The summed E-state index contributed by atoms with van der Waals surface area (Å²) in [5, 5.41) is 22.8. The van der Waals surface area contributed by atoms with Gasteiger partial charge in [-0.1, -0.05) is 13.3 Å². The summed E-state index contributed by atoms with van der Waals surface area (Å²) in [7, 11) is 1.18. The van der Waals surface area contributed by atoms with Crippen LogP contribution in [0.15, 0.2) is 17.7 Å². The number of ether oxygens (including phenoxy) is 3. The highest BCUT2D eigenvalue weighted by Crippen LogP contribution is 2.36. The van der Waals surface area contributed by atoms with Crippen LogP contribution in [0.3, 0.4) is 0 Å². The molecular weight excluding hydrogens is 346 g/mol. The summed E-state index contributed by atoms with van der Waals surface area (Å²) < 4.78 is 15.2. The summed E-state index contributed by atoms with van der Waals surface area (Å²) in [5.41, 5.74) is -1.09. The first kappa shape index (κ1) is 19.2. The van der Waals surface area contributed by atoms with E-state index in [1.165, 1.54) is 20.1 Å². The minimum atomic E-state index is -1.34. The van der Waals surface area contributed by atoms with Crippen LogP contribution in [0.1, 0.15) is 38.7 Å². The minimum absolute atomic E-state index is 0.0641. The predicted octanol–water partition coefficient (Wildman–Crippen LogP) is 2.07. The number of cyclic esters (lactones) is 2. The molecule has 1 aliphatic rings. The Morgan fingerprint density at radius 1 is 1.27 bits per heavy atom. The number of carbonyl (C=O) groups is 2. The van der Waals surface area contributed by atoms with Crippen molar-refractivity contribution in [2.24, 2.45) is 0 Å². The molecule has 0 radical (unpaired) electrons. The molecule has 9 nitrogen and oxygen atoms in total. The third-order valence-electron chi connectivity index (χ3n) is 3.83. The molecule has 1 aromatic carbocycles. The van der Waals surface area contributed by atoms with Crippen molar-refractivity contribution in [3.05, 3.63) is 33.4 Å². The number of hydrogen-bond acceptors (Lipinski definition) is 8. The molecule has 0 aliphatic carbocycles. The summed E-state index contributed by atoms with van der Waals surface area (Å²) in [6, 6.07) is 2.14. The molecule has 0 unspecified atom stereocenters. The van der Waals surface area contributed by atoms with E-state index >= 15 is 0 Å². The van der Waals surface area contributed by atoms with Gasteiger partial charge in [0.25, 0.3) is 11.5 Å². The van der Waals surface area contributed by atoms with Gasteiger partial charge in [-0.25, -0.2) is 9.59 Å². The second-order valence-corrected chi connectivity index (χ2v) is 5.90. The smallest absolute Gasteiger partial charge is 0.348 e. The number of unbranched alkanes of at least 4 members (excludes halogenated alkanes) is 1. The molecule has 0 N–H and O–H groups in total. The third kappa shape index (κ3) is 3.93. The molecule has 0 amide bonds. The zero-order valence-electron chi connectivity index (χ0n) is 14.6. The lowest BCUT2D eigenvalue weighted by molar-refractivity contribution is -0.398. The Balaban J connectivity index is 2.38. The molecule has 9 heteroatoms. The van der Waals surface area contributed by atoms with Crippen LogP contribution in [-0.4, -0.2) is 29.8 Å². The van der Waals surface area contributed by atoms with Crippen LogP contribution in [0.25, 0.3) is 6.08 Å². The van der Waals surface area contributed by atoms with Gasteiger partial charge in [-0.15, -0.1) is 0 Å². The Morgan fingerprint density at radius 3 is 2.38 bits per heavy atom. The molecule has 26 heavy (non-hydrogen) atoms. The monoisotopic (exact) mass is 364 g/mol. The number of hydrogen-bond donors (Lipinski definition) is 0. The molecule has 0 saturated carbocycles. The van der Waals surface area contributed by atoms with Crippen molar-refractivity contribution in [3.8, 4) is 11.5 Å². The summed E-state index contributed by atoms with van der Waals surface area (Å²) >= 11 is 0. The molecule has 0 spiro atoms. The van der Waals surface area contributed by atoms with E-state index in [9.17, 15) is 24.8 Å². The van der Waals surface area contributed by atoms with E-state index in [0.29, 0.717) is 12.8 Å². The second kappa shape index (κ2) is 7.42. The molecule has 0 atom stereocenters. The van der Waals surface area contributed by atoms with Crippen molar-refractivity contribution >= 4 is 23.7 Å². The topological polar surface area (TPSA) is 128 Å². The van der Waals surface area contributed by atoms with Crippen molar-refractivity contribution in [1.82, 2.24) is 0 Å². The molecule has 1 aliphatic heterocycles. The highest BCUT2D eigenvalue weighted by atomic mass is 16.7. The first-order valence-electron chi connectivity index (χ1n) is 7.92. The molecule has 140 valence electrons. The number of esters is 2. The van der Waals surface area contributed by atoms with Crippen molar-refractivity contribution in [2.45, 2.75) is 38.9 Å². The number of nitrogens with zero attached hydrogens (tertiary/aromatic N) is 1. The van der Waals surface area contributed by atoms with E-state index in [4.69, 9.17) is 14.2 Å². The number of methoxy groups -OCH3 is 1. The Bertz CT molecular complexity index is 763. The maximum absolute atomic E-state index is 12.2. The molecule has 0 aromatic heterocycles. The van der Waals surface area contributed by atoms with Crippen LogP contribution in [0.2, 0.25) is 0 Å². The maximum atomic E-state index is 12.2. The molecule has 1 saturated heterocycles. The molecule has 1 fully saturated rings. The van der Waals surface area contributed by atoms with Gasteiger partial charge in [-0.3, -0.25) is 10.1 Å². The van der Waals surface area contributed by atoms with Crippen LogP contribution in [0.4, 0.5) is 5.69 Å². The van der Waals surface area contributed by atoms with Gasteiger partial charge in [-0.2, -0.15) is 0 Å². The molecule has 1 heterocycles. The lowest BCUT2D eigenvalue weighted by Gasteiger charge is -2.33. The van der Waals surface area contributed by atoms with Crippen LogP contribution in [0.5, 0.6) is 11.5 Å². The maximum Gasteiger partial charge on any atom is 0.348 e. The summed E-state index contributed by atoms with van der Waals surface area (Å²) in [5.74, 6) is -4.32. The fourth-order valence-corrected chi connectivity index (χ4v) is 2.47. The summed E-state index contributed by atoms with van der Waals surface area (Å²) in [4.78, 5) is 34.5. The molecule has 0 bridgehead atoms. The molecule has 1 aromatic rings. The van der Waals surface area contributed by atoms with Gasteiger partial charge < -0.3 is 19.3 Å². The number of benzene rings is 1. The predicted molar refractivity (Wildman–Crippen MR) is 87.2 cm³/mol. The van der Waals surface area contributed by atoms with Crippen molar-refractivity contribution in [1.29, 1.82) is 0 Å². The average Bonchev–Trinajstić information content (AvgIpc) is 2.57. The van der Waals surface area contributed by atoms with E-state index in [-0.39, 0.29) is 11.3 Å². The quantitative estimate of drug-likeness (QED) is 0.247. The van der Waals surface area contributed by atoms with Gasteiger partial charge in [0.15, 0.2) is 0 Å². The zero-order chi connectivity index (χ0) is 19.5. The van der Waals surface area contributed by atoms with E-state index in [1.54, 1.807) is 0 Å². The SMILES string of the molecule is CCCCC1(C)OC(=O)C(=Cc2cc(OC)c([O-])c([N+](=O)[O-])c2)C(=O)O1. The highest BCUT2D eigenvalue weighted by molar-refractivity contribution is 6.18. The van der Waals surface area contributed by atoms with Gasteiger partial charge in [0.05, 0.1) is 12.0 Å². The zero-order valence-corrected chi connectivity index (χ0v) is 14.6. The van der Waals surface area contributed by atoms with Crippen LogP contribution < -0.4 is 9.84 Å². The highest BCUT2D eigenvalue weighted by Gasteiger charge is 2.42. The fourth-order valence-electron chi connectivity index (χ4n) is 2.47. The fraction of sp³-hybridized carbons (Fsp3) is 0.412. The summed E-state index contributed by atoms with van der Waals surface area (Å²) in [6.07, 6.45) is 2.96. The largest absolute Gasteiger partial charge is 0.865 e. The van der Waals surface area contributed by atoms with Crippen molar-refractivity contribution in [3.63, 3.8) is 0 Å². The first-order valence-corrected chi connectivity index (χ1v) is 7.92. The van der Waals surface area contributed by atoms with Gasteiger partial charge in [-0.05, 0) is 24.1 Å². The van der Waals surface area contributed by atoms with Crippen LogP contribution in [-0.2, 0) is 19.1 Å². The summed E-state index contributed by atoms with van der Waals surface area (Å²) in [6.45, 7) is 3.44.